The number of nitrogens with one attached hydrogen (secondary N) is 1. The summed E-state index contributed by atoms with van der Waals surface area (Å²) in [5, 5.41) is 7.71. The minimum Gasteiger partial charge on any atom is -0.438 e. The quantitative estimate of drug-likeness (QED) is 0.495. The zero-order chi connectivity index (χ0) is 25.9. The first-order valence-electron chi connectivity index (χ1n) is 13.0. The molecule has 11 heteroatoms. The molecule has 3 N–H and O–H groups in total. The van der Waals surface area contributed by atoms with Gasteiger partial charge in [-0.15, -0.1) is 0 Å². The van der Waals surface area contributed by atoms with Crippen LogP contribution in [0.15, 0.2) is 27.5 Å². The molecule has 1 unspecified atom stereocenters. The third kappa shape index (κ3) is 5.37. The van der Waals surface area contributed by atoms with Gasteiger partial charge in [0.2, 0.25) is 0 Å². The number of ether oxygens (including phenoxy) is 1. The molecule has 2 aliphatic rings. The minimum atomic E-state index is -0.547. The van der Waals surface area contributed by atoms with Crippen molar-refractivity contribution in [3.63, 3.8) is 0 Å². The summed E-state index contributed by atoms with van der Waals surface area (Å²) >= 11 is 0. The second-order valence-corrected chi connectivity index (χ2v) is 9.82. The van der Waals surface area contributed by atoms with Crippen LogP contribution in [-0.4, -0.2) is 58.4 Å². The van der Waals surface area contributed by atoms with Gasteiger partial charge in [-0.3, -0.25) is 9.36 Å². The normalized spacial score (nSPS) is 18.6. The van der Waals surface area contributed by atoms with Gasteiger partial charge in [0.05, 0.1) is 5.69 Å². The van der Waals surface area contributed by atoms with Crippen LogP contribution in [0.3, 0.4) is 0 Å². The number of hydrogen-bond donors (Lipinski definition) is 2. The van der Waals surface area contributed by atoms with E-state index in [1.807, 2.05) is 6.92 Å². The van der Waals surface area contributed by atoms with Crippen LogP contribution in [0.5, 0.6) is 0 Å². The number of halogens is 1. The molecule has 1 atom stereocenters. The predicted molar refractivity (Wildman–Crippen MR) is 135 cm³/mol. The van der Waals surface area contributed by atoms with E-state index in [0.717, 1.165) is 50.0 Å². The summed E-state index contributed by atoms with van der Waals surface area (Å²) in [6.07, 6.45) is 2.73. The Kier molecular flexibility index (Phi) is 7.52. The van der Waals surface area contributed by atoms with Crippen molar-refractivity contribution in [2.45, 2.75) is 57.6 Å². The van der Waals surface area contributed by atoms with Crippen molar-refractivity contribution in [3.8, 4) is 0 Å². The van der Waals surface area contributed by atoms with Crippen molar-refractivity contribution in [2.24, 2.45) is 5.73 Å². The van der Waals surface area contributed by atoms with Gasteiger partial charge in [0.25, 0.3) is 5.56 Å². The van der Waals surface area contributed by atoms with Crippen LogP contribution in [0.1, 0.15) is 60.5 Å². The first kappa shape index (κ1) is 25.3. The summed E-state index contributed by atoms with van der Waals surface area (Å²) in [4.78, 5) is 32.4. The second-order valence-electron chi connectivity index (χ2n) is 9.82. The summed E-state index contributed by atoms with van der Waals surface area (Å²) in [6, 6.07) is 4.56. The number of carbonyl (C=O) groups excluding carboxylic acids is 1. The molecule has 2 aliphatic heterocycles. The maximum Gasteiger partial charge on any atom is 0.407 e. The molecule has 0 radical (unpaired) electrons. The molecule has 1 aromatic carbocycles. The van der Waals surface area contributed by atoms with Crippen LogP contribution in [0.2, 0.25) is 0 Å². The molecular weight excluding hydrogens is 479 g/mol. The van der Waals surface area contributed by atoms with Crippen LogP contribution < -0.4 is 16.6 Å². The molecule has 5 rings (SSSR count). The second kappa shape index (κ2) is 11.0. The number of aromatic nitrogens is 3. The van der Waals surface area contributed by atoms with Crippen LogP contribution in [-0.2, 0) is 17.7 Å². The molecule has 2 aromatic heterocycles. The first-order valence-corrected chi connectivity index (χ1v) is 13.0. The lowest BCUT2D eigenvalue weighted by molar-refractivity contribution is 0.0743. The molecule has 1 fully saturated rings. The summed E-state index contributed by atoms with van der Waals surface area (Å²) in [5.41, 5.74) is 8.16. The number of fused-ring (bicyclic) bond motifs is 2. The lowest BCUT2D eigenvalue weighted by Gasteiger charge is -2.31. The molecule has 4 heterocycles. The highest BCUT2D eigenvalue weighted by Gasteiger charge is 2.29. The van der Waals surface area contributed by atoms with Crippen LogP contribution in [0.25, 0.3) is 11.0 Å². The van der Waals surface area contributed by atoms with Gasteiger partial charge in [-0.25, -0.2) is 14.2 Å². The Labute approximate surface area is 213 Å². The summed E-state index contributed by atoms with van der Waals surface area (Å²) in [6.45, 7) is 5.60. The Morgan fingerprint density at radius 3 is 2.86 bits per heavy atom. The van der Waals surface area contributed by atoms with E-state index in [-0.39, 0.29) is 17.3 Å². The lowest BCUT2D eigenvalue weighted by atomic mass is 9.91. The number of piperidine rings is 1. The van der Waals surface area contributed by atoms with Gasteiger partial charge in [0.15, 0.2) is 17.5 Å². The van der Waals surface area contributed by atoms with E-state index >= 15 is 0 Å². The maximum atomic E-state index is 13.5. The van der Waals surface area contributed by atoms with E-state index in [9.17, 15) is 14.0 Å². The van der Waals surface area contributed by atoms with Gasteiger partial charge in [-0.2, -0.15) is 0 Å². The number of amides is 1. The van der Waals surface area contributed by atoms with E-state index in [0.29, 0.717) is 55.1 Å². The van der Waals surface area contributed by atoms with Crippen molar-refractivity contribution in [1.29, 1.82) is 0 Å². The molecule has 3 aromatic rings. The van der Waals surface area contributed by atoms with E-state index < -0.39 is 12.2 Å². The van der Waals surface area contributed by atoms with Gasteiger partial charge in [0.1, 0.15) is 5.82 Å². The van der Waals surface area contributed by atoms with Gasteiger partial charge in [-0.05, 0) is 64.3 Å². The number of rotatable bonds is 7. The highest BCUT2D eigenvalue weighted by Crippen LogP contribution is 2.33. The van der Waals surface area contributed by atoms with E-state index in [4.69, 9.17) is 20.0 Å². The lowest BCUT2D eigenvalue weighted by Crippen LogP contribution is -2.39. The van der Waals surface area contributed by atoms with Crippen molar-refractivity contribution in [2.75, 3.05) is 32.7 Å². The predicted octanol–water partition coefficient (Wildman–Crippen LogP) is 2.77. The zero-order valence-electron chi connectivity index (χ0n) is 21.0. The monoisotopic (exact) mass is 512 g/mol. The number of nitrogens with two attached hydrogens (primary N) is 1. The number of benzene rings is 1. The SMILES string of the molecule is Cc1nc2n(c(=O)c1CCN1CCC(c3noc4cc(F)ccc34)CC1)CCCC2OC(=O)NCCN. The average Bonchev–Trinajstić information content (AvgIpc) is 3.31. The van der Waals surface area contributed by atoms with Crippen LogP contribution >= 0.6 is 0 Å². The van der Waals surface area contributed by atoms with Gasteiger partial charge in [-0.1, -0.05) is 5.16 Å². The molecule has 0 spiro atoms. The van der Waals surface area contributed by atoms with Crippen molar-refractivity contribution >= 4 is 17.1 Å². The Hall–Kier alpha value is -3.31. The van der Waals surface area contributed by atoms with Crippen LogP contribution in [0.4, 0.5) is 9.18 Å². The Morgan fingerprint density at radius 2 is 2.08 bits per heavy atom. The number of nitrogens with zero attached hydrogens (tertiary/aromatic N) is 4. The van der Waals surface area contributed by atoms with Gasteiger partial charge in [0, 0.05) is 54.8 Å². The fourth-order valence-electron chi connectivity index (χ4n) is 5.42. The molecule has 0 aliphatic carbocycles. The molecule has 0 bridgehead atoms. The number of aryl methyl sites for hydroxylation is 1. The molecular formula is C26H33FN6O4. The summed E-state index contributed by atoms with van der Waals surface area (Å²) < 4.78 is 26.0. The highest BCUT2D eigenvalue weighted by atomic mass is 19.1. The van der Waals surface area contributed by atoms with Gasteiger partial charge >= 0.3 is 6.09 Å². The highest BCUT2D eigenvalue weighted by molar-refractivity contribution is 5.79. The van der Waals surface area contributed by atoms with E-state index in [2.05, 4.69) is 15.4 Å². The first-order chi connectivity index (χ1) is 17.9. The maximum absolute atomic E-state index is 13.5. The van der Waals surface area contributed by atoms with E-state index in [1.54, 1.807) is 10.6 Å². The molecule has 1 amide bonds. The zero-order valence-corrected chi connectivity index (χ0v) is 21.0. The molecule has 198 valence electrons. The summed E-state index contributed by atoms with van der Waals surface area (Å²) in [7, 11) is 0. The van der Waals surface area contributed by atoms with Crippen molar-refractivity contribution < 1.29 is 18.4 Å². The molecule has 37 heavy (non-hydrogen) atoms. The molecule has 10 nitrogen and oxygen atoms in total. The third-order valence-electron chi connectivity index (χ3n) is 7.41. The van der Waals surface area contributed by atoms with Crippen LogP contribution in [0, 0.1) is 12.7 Å². The average molecular weight is 513 g/mol. The smallest absolute Gasteiger partial charge is 0.407 e. The molecule has 0 saturated carbocycles. The largest absolute Gasteiger partial charge is 0.438 e. The number of hydrogen-bond acceptors (Lipinski definition) is 8. The Balaban J connectivity index is 1.21. The number of likely N-dealkylation sites (tertiary alicyclic amines) is 1. The number of carbonyl (C=O) groups is 1. The summed E-state index contributed by atoms with van der Waals surface area (Å²) in [5.74, 6) is 0.449. The van der Waals surface area contributed by atoms with Crippen molar-refractivity contribution in [1.82, 2.24) is 24.9 Å². The third-order valence-corrected chi connectivity index (χ3v) is 7.41. The minimum absolute atomic E-state index is 0.0469. The fourth-order valence-corrected chi connectivity index (χ4v) is 5.42. The van der Waals surface area contributed by atoms with Crippen molar-refractivity contribution in [3.05, 3.63) is 57.1 Å². The standard InChI is InChI=1S/C26H33FN6O4/c1-16-19(25(34)33-11-2-3-21(24(33)30-16)36-26(35)29-10-9-28)8-14-32-12-6-17(7-13-32)23-20-5-4-18(27)15-22(20)37-31-23/h4-5,15,17,21H,2-3,6-14,28H2,1H3,(H,29,35). The van der Waals surface area contributed by atoms with Gasteiger partial charge < -0.3 is 25.2 Å². The number of alkyl carbamates (subject to hydrolysis) is 1. The fraction of sp³-hybridized carbons (Fsp3) is 0.538. The Bertz CT molecular complexity index is 1330. The molecule has 1 saturated heterocycles. The van der Waals surface area contributed by atoms with E-state index in [1.165, 1.54) is 12.1 Å². The Morgan fingerprint density at radius 1 is 1.27 bits per heavy atom. The topological polar surface area (TPSA) is 129 Å².